The van der Waals surface area contributed by atoms with E-state index >= 15 is 0 Å². The highest BCUT2D eigenvalue weighted by molar-refractivity contribution is 9.15. The second kappa shape index (κ2) is 6.34. The van der Waals surface area contributed by atoms with Gasteiger partial charge in [0.1, 0.15) is 5.75 Å². The summed E-state index contributed by atoms with van der Waals surface area (Å²) in [6.07, 6.45) is 0. The quantitative estimate of drug-likeness (QED) is 0.296. The van der Waals surface area contributed by atoms with Gasteiger partial charge in [-0.2, -0.15) is 0 Å². The van der Waals surface area contributed by atoms with E-state index in [1.165, 1.54) is 22.3 Å². The summed E-state index contributed by atoms with van der Waals surface area (Å²) in [6.45, 7) is 8.44. The number of aromatic hydroxyl groups is 1. The number of hydrogen-bond acceptors (Lipinski definition) is 1. The van der Waals surface area contributed by atoms with Crippen LogP contribution in [0, 0.1) is 27.7 Å². The molecule has 0 atom stereocenters. The molecule has 0 aliphatic carbocycles. The fourth-order valence-corrected chi connectivity index (χ4v) is 4.65. The molecule has 112 valence electrons. The minimum absolute atomic E-state index is 0.225. The predicted octanol–water partition coefficient (Wildman–Crippen LogP) is 7.34. The zero-order chi connectivity index (χ0) is 16.1. The van der Waals surface area contributed by atoms with Crippen LogP contribution < -0.4 is 0 Å². The molecule has 1 N–H and O–H groups in total. The van der Waals surface area contributed by atoms with Gasteiger partial charge in [0.05, 0.1) is 8.95 Å². The van der Waals surface area contributed by atoms with Crippen LogP contribution >= 0.6 is 63.7 Å². The summed E-state index contributed by atoms with van der Waals surface area (Å²) < 4.78 is 3.13. The number of phenols is 1. The summed E-state index contributed by atoms with van der Waals surface area (Å²) in [7, 11) is 0. The fourth-order valence-electron chi connectivity index (χ4n) is 2.34. The van der Waals surface area contributed by atoms with Crippen molar-refractivity contribution in [2.45, 2.75) is 27.7 Å². The lowest BCUT2D eigenvalue weighted by atomic mass is 9.90. The van der Waals surface area contributed by atoms with Gasteiger partial charge >= 0.3 is 0 Å². The highest BCUT2D eigenvalue weighted by atomic mass is 79.9. The van der Waals surface area contributed by atoms with Crippen molar-refractivity contribution in [2.24, 2.45) is 0 Å². The van der Waals surface area contributed by atoms with Gasteiger partial charge < -0.3 is 5.11 Å². The molecular formula is C16H14Br4O. The molecule has 0 aromatic heterocycles. The number of benzene rings is 2. The lowest BCUT2D eigenvalue weighted by Crippen LogP contribution is -1.96. The molecule has 21 heavy (non-hydrogen) atoms. The van der Waals surface area contributed by atoms with Crippen molar-refractivity contribution in [3.63, 3.8) is 0 Å². The third kappa shape index (κ3) is 2.87. The van der Waals surface area contributed by atoms with Gasteiger partial charge in [-0.05, 0) is 119 Å². The summed E-state index contributed by atoms with van der Waals surface area (Å²) in [4.78, 5) is 0. The van der Waals surface area contributed by atoms with E-state index < -0.39 is 0 Å². The van der Waals surface area contributed by atoms with Crippen molar-refractivity contribution in [2.75, 3.05) is 0 Å². The van der Waals surface area contributed by atoms with E-state index in [4.69, 9.17) is 0 Å². The van der Waals surface area contributed by atoms with E-state index in [9.17, 15) is 5.11 Å². The molecular weight excluding hydrogens is 528 g/mol. The Labute approximate surface area is 158 Å². The smallest absolute Gasteiger partial charge is 0.139 e. The van der Waals surface area contributed by atoms with Gasteiger partial charge in [-0.25, -0.2) is 0 Å². The maximum Gasteiger partial charge on any atom is 0.139 e. The van der Waals surface area contributed by atoms with E-state index in [-0.39, 0.29) is 5.75 Å². The van der Waals surface area contributed by atoms with Crippen LogP contribution in [0.2, 0.25) is 0 Å². The lowest BCUT2D eigenvalue weighted by molar-refractivity contribution is 0.473. The minimum Gasteiger partial charge on any atom is -0.506 e. The van der Waals surface area contributed by atoms with Crippen molar-refractivity contribution >= 4 is 63.7 Å². The monoisotopic (exact) mass is 538 g/mol. The molecule has 0 bridgehead atoms. The number of aryl methyl sites for hydroxylation is 1. The Bertz CT molecular complexity index is 722. The fraction of sp³-hybridized carbons (Fsp3) is 0.250. The minimum atomic E-state index is 0.225. The topological polar surface area (TPSA) is 20.2 Å². The summed E-state index contributed by atoms with van der Waals surface area (Å²) in [5.41, 5.74) is 6.77. The van der Waals surface area contributed by atoms with Crippen LogP contribution in [0.1, 0.15) is 22.3 Å². The van der Waals surface area contributed by atoms with Crippen molar-refractivity contribution in [3.05, 3.63) is 46.2 Å². The van der Waals surface area contributed by atoms with Gasteiger partial charge in [-0.1, -0.05) is 6.07 Å². The van der Waals surface area contributed by atoms with E-state index in [0.29, 0.717) is 4.47 Å². The highest BCUT2D eigenvalue weighted by Gasteiger charge is 2.22. The standard InChI is InChI=1S/C16H14Br4O/c1-6-5-10(9(4)8(3)7(6)2)11-12(17)13(18)14(19)15(20)16(11)21/h5,21H,1-4H3. The number of hydrogen-bond donors (Lipinski definition) is 1. The first-order chi connectivity index (χ1) is 9.68. The van der Waals surface area contributed by atoms with E-state index in [0.717, 1.165) is 24.5 Å². The molecule has 2 aromatic carbocycles. The zero-order valence-electron chi connectivity index (χ0n) is 12.0. The van der Waals surface area contributed by atoms with Crippen LogP contribution in [0.5, 0.6) is 5.75 Å². The molecule has 2 aromatic rings. The Morgan fingerprint density at radius 1 is 0.714 bits per heavy atom. The molecule has 0 heterocycles. The van der Waals surface area contributed by atoms with Crippen LogP contribution in [0.4, 0.5) is 0 Å². The van der Waals surface area contributed by atoms with Gasteiger partial charge in [0.25, 0.3) is 0 Å². The molecule has 0 radical (unpaired) electrons. The lowest BCUT2D eigenvalue weighted by Gasteiger charge is -2.19. The molecule has 0 fully saturated rings. The van der Waals surface area contributed by atoms with E-state index in [2.05, 4.69) is 97.5 Å². The SMILES string of the molecule is Cc1cc(-c2c(O)c(Br)c(Br)c(Br)c2Br)c(C)c(C)c1C. The van der Waals surface area contributed by atoms with Crippen molar-refractivity contribution in [1.82, 2.24) is 0 Å². The van der Waals surface area contributed by atoms with Gasteiger partial charge in [0.2, 0.25) is 0 Å². The summed E-state index contributed by atoms with van der Waals surface area (Å²) in [5, 5.41) is 10.6. The molecule has 0 unspecified atom stereocenters. The molecule has 0 saturated carbocycles. The molecule has 2 rings (SSSR count). The largest absolute Gasteiger partial charge is 0.506 e. The van der Waals surface area contributed by atoms with Crippen LogP contribution in [0.25, 0.3) is 11.1 Å². The third-order valence-electron chi connectivity index (χ3n) is 3.99. The number of phenolic OH excluding ortho intramolecular Hbond substituents is 1. The molecule has 0 aliphatic heterocycles. The second-order valence-corrected chi connectivity index (χ2v) is 8.27. The van der Waals surface area contributed by atoms with E-state index in [1.54, 1.807) is 0 Å². The summed E-state index contributed by atoms with van der Waals surface area (Å²) in [5.74, 6) is 0.225. The normalized spacial score (nSPS) is 11.0. The van der Waals surface area contributed by atoms with Crippen LogP contribution in [0.3, 0.4) is 0 Å². The van der Waals surface area contributed by atoms with Gasteiger partial charge in [-0.15, -0.1) is 0 Å². The number of halogens is 4. The predicted molar refractivity (Wildman–Crippen MR) is 103 cm³/mol. The Morgan fingerprint density at radius 2 is 1.24 bits per heavy atom. The van der Waals surface area contributed by atoms with Crippen LogP contribution in [-0.2, 0) is 0 Å². The highest BCUT2D eigenvalue weighted by Crippen LogP contribution is 2.50. The average molecular weight is 542 g/mol. The van der Waals surface area contributed by atoms with Gasteiger partial charge in [0, 0.05) is 14.5 Å². The molecule has 0 saturated heterocycles. The Morgan fingerprint density at radius 3 is 1.81 bits per heavy atom. The first kappa shape index (κ1) is 17.5. The van der Waals surface area contributed by atoms with E-state index in [1.807, 2.05) is 0 Å². The van der Waals surface area contributed by atoms with Gasteiger partial charge in [0.15, 0.2) is 0 Å². The Hall–Kier alpha value is 0.160. The molecule has 0 aliphatic rings. The maximum atomic E-state index is 10.6. The maximum absolute atomic E-state index is 10.6. The van der Waals surface area contributed by atoms with Crippen LogP contribution in [-0.4, -0.2) is 5.11 Å². The Kier molecular flexibility index (Phi) is 5.29. The molecule has 0 amide bonds. The van der Waals surface area contributed by atoms with Crippen LogP contribution in [0.15, 0.2) is 24.0 Å². The third-order valence-corrected chi connectivity index (χ3v) is 8.74. The van der Waals surface area contributed by atoms with Crippen molar-refractivity contribution in [3.8, 4) is 16.9 Å². The molecule has 1 nitrogen and oxygen atoms in total. The Balaban J connectivity index is 2.93. The molecule has 5 heteroatoms. The van der Waals surface area contributed by atoms with Crippen molar-refractivity contribution in [1.29, 1.82) is 0 Å². The second-order valence-electron chi connectivity index (χ2n) is 5.10. The van der Waals surface area contributed by atoms with Gasteiger partial charge in [-0.3, -0.25) is 0 Å². The zero-order valence-corrected chi connectivity index (χ0v) is 18.4. The summed E-state index contributed by atoms with van der Waals surface area (Å²) in [6, 6.07) is 2.13. The first-order valence-electron chi connectivity index (χ1n) is 6.31. The first-order valence-corrected chi connectivity index (χ1v) is 9.48. The number of rotatable bonds is 1. The summed E-state index contributed by atoms with van der Waals surface area (Å²) >= 11 is 14.1. The average Bonchev–Trinajstić information content (AvgIpc) is 2.46. The molecule has 0 spiro atoms. The van der Waals surface area contributed by atoms with Crippen molar-refractivity contribution < 1.29 is 5.11 Å².